The number of sulfonamides is 1. The van der Waals surface area contributed by atoms with Crippen molar-refractivity contribution in [2.75, 3.05) is 28.6 Å². The maximum absolute atomic E-state index is 12.6. The van der Waals surface area contributed by atoms with Crippen LogP contribution in [0.4, 0.5) is 11.4 Å². The largest absolute Gasteiger partial charge is 0.372 e. The maximum atomic E-state index is 12.6. The molecular formula is C26H28ClN3O3S. The molecule has 3 aromatic carbocycles. The Morgan fingerprint density at radius 2 is 1.62 bits per heavy atom. The Balaban J connectivity index is 1.40. The van der Waals surface area contributed by atoms with Crippen molar-refractivity contribution in [2.24, 2.45) is 0 Å². The highest BCUT2D eigenvalue weighted by Gasteiger charge is 2.19. The van der Waals surface area contributed by atoms with Gasteiger partial charge >= 0.3 is 0 Å². The van der Waals surface area contributed by atoms with Gasteiger partial charge in [0.2, 0.25) is 10.0 Å². The van der Waals surface area contributed by atoms with Gasteiger partial charge in [-0.25, -0.2) is 8.42 Å². The minimum Gasteiger partial charge on any atom is -0.372 e. The second kappa shape index (κ2) is 10.5. The third-order valence-corrected chi connectivity index (χ3v) is 7.46. The highest BCUT2D eigenvalue weighted by molar-refractivity contribution is 7.92. The van der Waals surface area contributed by atoms with Gasteiger partial charge in [-0.3, -0.25) is 9.10 Å². The lowest BCUT2D eigenvalue weighted by atomic mass is 10.1. The van der Waals surface area contributed by atoms with Crippen molar-refractivity contribution in [3.05, 3.63) is 94.5 Å². The summed E-state index contributed by atoms with van der Waals surface area (Å²) >= 11 is 6.22. The average Bonchev–Trinajstić information content (AvgIpc) is 3.37. The predicted molar refractivity (Wildman–Crippen MR) is 138 cm³/mol. The summed E-state index contributed by atoms with van der Waals surface area (Å²) in [6.07, 6.45) is 3.62. The lowest BCUT2D eigenvalue weighted by Crippen LogP contribution is -2.29. The van der Waals surface area contributed by atoms with E-state index in [-0.39, 0.29) is 12.5 Å². The molecule has 0 radical (unpaired) electrons. The average molecular weight is 498 g/mol. The van der Waals surface area contributed by atoms with Gasteiger partial charge in [-0.05, 0) is 66.4 Å². The summed E-state index contributed by atoms with van der Waals surface area (Å²) in [6.45, 7) is 2.72. The molecule has 1 aliphatic heterocycles. The van der Waals surface area contributed by atoms with Gasteiger partial charge in [-0.1, -0.05) is 41.9 Å². The normalized spacial score (nSPS) is 13.6. The molecule has 34 heavy (non-hydrogen) atoms. The summed E-state index contributed by atoms with van der Waals surface area (Å²) in [5.41, 5.74) is 3.87. The molecule has 8 heteroatoms. The molecule has 0 unspecified atom stereocenters. The lowest BCUT2D eigenvalue weighted by molar-refractivity contribution is 0.0951. The Bertz CT molecular complexity index is 1240. The van der Waals surface area contributed by atoms with E-state index in [1.807, 2.05) is 18.2 Å². The van der Waals surface area contributed by atoms with Gasteiger partial charge in [-0.15, -0.1) is 0 Å². The lowest BCUT2D eigenvalue weighted by Gasteiger charge is -2.23. The first-order valence-corrected chi connectivity index (χ1v) is 13.5. The number of nitrogens with one attached hydrogen (secondary N) is 1. The Morgan fingerprint density at radius 1 is 0.971 bits per heavy atom. The van der Waals surface area contributed by atoms with Crippen LogP contribution in [0.3, 0.4) is 0 Å². The molecule has 3 aromatic rings. The fourth-order valence-corrected chi connectivity index (χ4v) is 5.12. The van der Waals surface area contributed by atoms with Gasteiger partial charge in [0, 0.05) is 35.9 Å². The fourth-order valence-electron chi connectivity index (χ4n) is 4.04. The van der Waals surface area contributed by atoms with E-state index >= 15 is 0 Å². The SMILES string of the molecule is CS(=O)(=O)N(Cc1ccccc1Cl)c1ccc(C(=O)NCc2ccc(N3CCCC3)cc2)cc1. The third kappa shape index (κ3) is 5.90. The zero-order chi connectivity index (χ0) is 24.1. The van der Waals surface area contributed by atoms with E-state index in [1.165, 1.54) is 22.8 Å². The van der Waals surface area contributed by atoms with E-state index in [9.17, 15) is 13.2 Å². The number of carbonyl (C=O) groups is 1. The molecule has 1 N–H and O–H groups in total. The van der Waals surface area contributed by atoms with Gasteiger partial charge in [0.05, 0.1) is 18.5 Å². The number of hydrogen-bond donors (Lipinski definition) is 1. The Labute approximate surface area is 206 Å². The van der Waals surface area contributed by atoms with Crippen molar-refractivity contribution in [3.8, 4) is 0 Å². The molecule has 1 aliphatic rings. The van der Waals surface area contributed by atoms with E-state index in [4.69, 9.17) is 11.6 Å². The second-order valence-electron chi connectivity index (χ2n) is 8.45. The summed E-state index contributed by atoms with van der Waals surface area (Å²) in [5, 5.41) is 3.43. The van der Waals surface area contributed by atoms with Crippen LogP contribution in [0.1, 0.15) is 34.3 Å². The molecule has 0 saturated carbocycles. The first kappa shape index (κ1) is 24.1. The molecule has 0 aromatic heterocycles. The molecular weight excluding hydrogens is 470 g/mol. The predicted octanol–water partition coefficient (Wildman–Crippen LogP) is 4.84. The van der Waals surface area contributed by atoms with Crippen LogP contribution in [0.2, 0.25) is 5.02 Å². The third-order valence-electron chi connectivity index (χ3n) is 5.95. The van der Waals surface area contributed by atoms with Gasteiger partial charge in [0.15, 0.2) is 0 Å². The van der Waals surface area contributed by atoms with Crippen LogP contribution in [0.15, 0.2) is 72.8 Å². The number of amides is 1. The van der Waals surface area contributed by atoms with Crippen molar-refractivity contribution in [3.63, 3.8) is 0 Å². The summed E-state index contributed by atoms with van der Waals surface area (Å²) in [6, 6.07) is 21.9. The van der Waals surface area contributed by atoms with E-state index in [0.29, 0.717) is 28.4 Å². The minimum absolute atomic E-state index is 0.109. The highest BCUT2D eigenvalue weighted by Crippen LogP contribution is 2.25. The van der Waals surface area contributed by atoms with E-state index < -0.39 is 10.0 Å². The van der Waals surface area contributed by atoms with Crippen molar-refractivity contribution in [1.29, 1.82) is 0 Å². The molecule has 0 bridgehead atoms. The van der Waals surface area contributed by atoms with Gasteiger partial charge < -0.3 is 10.2 Å². The molecule has 1 heterocycles. The van der Waals surface area contributed by atoms with Crippen molar-refractivity contribution < 1.29 is 13.2 Å². The molecule has 0 aliphatic carbocycles. The van der Waals surface area contributed by atoms with Crippen molar-refractivity contribution in [1.82, 2.24) is 5.32 Å². The van der Waals surface area contributed by atoms with Gasteiger partial charge in [-0.2, -0.15) is 0 Å². The Hall–Kier alpha value is -3.03. The molecule has 1 saturated heterocycles. The summed E-state index contributed by atoms with van der Waals surface area (Å²) in [7, 11) is -3.55. The monoisotopic (exact) mass is 497 g/mol. The molecule has 6 nitrogen and oxygen atoms in total. The molecule has 1 fully saturated rings. The Morgan fingerprint density at radius 3 is 2.24 bits per heavy atom. The topological polar surface area (TPSA) is 69.7 Å². The summed E-state index contributed by atoms with van der Waals surface area (Å²) in [5.74, 6) is -0.216. The van der Waals surface area contributed by atoms with Crippen LogP contribution in [0, 0.1) is 0 Å². The van der Waals surface area contributed by atoms with E-state index in [2.05, 4.69) is 22.3 Å². The quantitative estimate of drug-likeness (QED) is 0.483. The van der Waals surface area contributed by atoms with Gasteiger partial charge in [0.25, 0.3) is 5.91 Å². The van der Waals surface area contributed by atoms with Crippen LogP contribution in [0.5, 0.6) is 0 Å². The van der Waals surface area contributed by atoms with Gasteiger partial charge in [0.1, 0.15) is 0 Å². The van der Waals surface area contributed by atoms with Crippen molar-refractivity contribution in [2.45, 2.75) is 25.9 Å². The number of carbonyl (C=O) groups excluding carboxylic acids is 1. The first-order valence-electron chi connectivity index (χ1n) is 11.2. The van der Waals surface area contributed by atoms with Crippen LogP contribution >= 0.6 is 11.6 Å². The van der Waals surface area contributed by atoms with E-state index in [0.717, 1.165) is 24.9 Å². The fraction of sp³-hybridized carbons (Fsp3) is 0.269. The maximum Gasteiger partial charge on any atom is 0.251 e. The molecule has 1 amide bonds. The second-order valence-corrected chi connectivity index (χ2v) is 10.8. The molecule has 0 spiro atoms. The zero-order valence-corrected chi connectivity index (χ0v) is 20.6. The highest BCUT2D eigenvalue weighted by atomic mass is 35.5. The number of halogens is 1. The zero-order valence-electron chi connectivity index (χ0n) is 19.1. The van der Waals surface area contributed by atoms with Crippen molar-refractivity contribution >= 4 is 38.9 Å². The number of benzene rings is 3. The molecule has 178 valence electrons. The first-order chi connectivity index (χ1) is 16.3. The van der Waals surface area contributed by atoms with E-state index in [1.54, 1.807) is 42.5 Å². The smallest absolute Gasteiger partial charge is 0.251 e. The minimum atomic E-state index is -3.55. The summed E-state index contributed by atoms with van der Waals surface area (Å²) < 4.78 is 26.1. The Kier molecular flexibility index (Phi) is 7.44. The van der Waals surface area contributed by atoms with Crippen LogP contribution in [-0.4, -0.2) is 33.7 Å². The molecule has 4 rings (SSSR count). The van der Waals surface area contributed by atoms with Crippen LogP contribution in [0.25, 0.3) is 0 Å². The van der Waals surface area contributed by atoms with Crippen LogP contribution in [-0.2, 0) is 23.1 Å². The standard InChI is InChI=1S/C26H28ClN3O3S/c1-34(32,33)30(19-22-6-2-3-7-25(22)27)24-14-10-21(11-15-24)26(31)28-18-20-8-12-23(13-9-20)29-16-4-5-17-29/h2-3,6-15H,4-5,16-19H2,1H3,(H,28,31). The number of hydrogen-bond acceptors (Lipinski definition) is 4. The number of rotatable bonds is 8. The number of anilines is 2. The molecule has 0 atom stereocenters. The summed E-state index contributed by atoms with van der Waals surface area (Å²) in [4.78, 5) is 15.0. The van der Waals surface area contributed by atoms with Crippen LogP contribution < -0.4 is 14.5 Å². The number of nitrogens with zero attached hydrogens (tertiary/aromatic N) is 2.